The standard InChI is InChI=1S/C23H28FN5O4S/c1-4-29(5-2)34(31,32)19-13-20(27(3)15-19)23(30)28-11-7-9-17(14-28)22-25-21(26-33-22)16-8-6-10-18(24)12-16/h6,8,10,12-13,15,17H,4-5,7,9,11,14H2,1-3H3. The minimum atomic E-state index is -3.67. The highest BCUT2D eigenvalue weighted by Gasteiger charge is 2.32. The number of hydrogen-bond acceptors (Lipinski definition) is 6. The van der Waals surface area contributed by atoms with Crippen LogP contribution in [0.25, 0.3) is 11.4 Å². The average molecular weight is 490 g/mol. The van der Waals surface area contributed by atoms with Crippen LogP contribution in [-0.2, 0) is 17.1 Å². The van der Waals surface area contributed by atoms with Gasteiger partial charge in [0.25, 0.3) is 5.91 Å². The largest absolute Gasteiger partial charge is 0.345 e. The molecule has 3 heterocycles. The van der Waals surface area contributed by atoms with E-state index in [4.69, 9.17) is 4.52 Å². The highest BCUT2D eigenvalue weighted by molar-refractivity contribution is 7.89. The van der Waals surface area contributed by atoms with Crippen LogP contribution in [0, 0.1) is 5.82 Å². The van der Waals surface area contributed by atoms with E-state index < -0.39 is 10.0 Å². The van der Waals surface area contributed by atoms with Crippen LogP contribution in [0.4, 0.5) is 4.39 Å². The summed E-state index contributed by atoms with van der Waals surface area (Å²) in [5.74, 6) is -0.104. The van der Waals surface area contributed by atoms with Crippen LogP contribution >= 0.6 is 0 Å². The summed E-state index contributed by atoms with van der Waals surface area (Å²) >= 11 is 0. The summed E-state index contributed by atoms with van der Waals surface area (Å²) < 4.78 is 47.6. The van der Waals surface area contributed by atoms with E-state index in [9.17, 15) is 17.6 Å². The number of benzene rings is 1. The lowest BCUT2D eigenvalue weighted by Crippen LogP contribution is -2.39. The van der Waals surface area contributed by atoms with E-state index in [-0.39, 0.29) is 22.5 Å². The first-order chi connectivity index (χ1) is 16.2. The first kappa shape index (κ1) is 24.1. The molecule has 1 aliphatic rings. The molecule has 182 valence electrons. The molecule has 1 fully saturated rings. The van der Waals surface area contributed by atoms with Gasteiger partial charge in [0.15, 0.2) is 0 Å². The van der Waals surface area contributed by atoms with Gasteiger partial charge in [0, 0.05) is 45.0 Å². The second-order valence-electron chi connectivity index (χ2n) is 8.32. The van der Waals surface area contributed by atoms with Crippen molar-refractivity contribution in [1.29, 1.82) is 0 Å². The van der Waals surface area contributed by atoms with Crippen LogP contribution < -0.4 is 0 Å². The van der Waals surface area contributed by atoms with Crippen molar-refractivity contribution in [2.45, 2.75) is 37.5 Å². The molecule has 34 heavy (non-hydrogen) atoms. The van der Waals surface area contributed by atoms with Crippen LogP contribution in [0.15, 0.2) is 45.9 Å². The van der Waals surface area contributed by atoms with Crippen LogP contribution in [0.5, 0.6) is 0 Å². The molecule has 1 unspecified atom stereocenters. The molecule has 0 N–H and O–H groups in total. The smallest absolute Gasteiger partial charge is 0.270 e. The Hall–Kier alpha value is -3.05. The van der Waals surface area contributed by atoms with Crippen molar-refractivity contribution in [3.8, 4) is 11.4 Å². The van der Waals surface area contributed by atoms with Gasteiger partial charge in [0.05, 0.1) is 5.92 Å². The summed E-state index contributed by atoms with van der Waals surface area (Å²) in [6, 6.07) is 7.40. The second-order valence-corrected chi connectivity index (χ2v) is 10.3. The van der Waals surface area contributed by atoms with E-state index in [2.05, 4.69) is 10.1 Å². The quantitative estimate of drug-likeness (QED) is 0.505. The van der Waals surface area contributed by atoms with Crippen molar-refractivity contribution in [1.82, 2.24) is 23.9 Å². The van der Waals surface area contributed by atoms with E-state index in [1.54, 1.807) is 42.5 Å². The predicted octanol–water partition coefficient (Wildman–Crippen LogP) is 3.26. The molecular weight excluding hydrogens is 461 g/mol. The Balaban J connectivity index is 1.52. The number of amides is 1. The fourth-order valence-electron chi connectivity index (χ4n) is 4.27. The van der Waals surface area contributed by atoms with E-state index >= 15 is 0 Å². The highest BCUT2D eigenvalue weighted by atomic mass is 32.2. The third-order valence-corrected chi connectivity index (χ3v) is 8.14. The topological polar surface area (TPSA) is 102 Å². The second kappa shape index (κ2) is 9.67. The molecule has 0 radical (unpaired) electrons. The number of aromatic nitrogens is 3. The minimum Gasteiger partial charge on any atom is -0.345 e. The molecule has 2 aromatic heterocycles. The number of likely N-dealkylation sites (tertiary alicyclic amines) is 1. The highest BCUT2D eigenvalue weighted by Crippen LogP contribution is 2.29. The van der Waals surface area contributed by atoms with Gasteiger partial charge in [-0.25, -0.2) is 12.8 Å². The third-order valence-electron chi connectivity index (χ3n) is 6.12. The number of carbonyl (C=O) groups excluding carboxylic acids is 1. The monoisotopic (exact) mass is 489 g/mol. The Labute approximate surface area is 198 Å². The number of piperidine rings is 1. The first-order valence-electron chi connectivity index (χ1n) is 11.3. The SMILES string of the molecule is CCN(CC)S(=O)(=O)c1cc(C(=O)N2CCCC(c3nc(-c4cccc(F)c4)no3)C2)n(C)c1. The van der Waals surface area contributed by atoms with Gasteiger partial charge < -0.3 is 14.0 Å². The summed E-state index contributed by atoms with van der Waals surface area (Å²) in [6.07, 6.45) is 2.98. The molecule has 11 heteroatoms. The number of sulfonamides is 1. The van der Waals surface area contributed by atoms with Gasteiger partial charge in [0.1, 0.15) is 16.4 Å². The van der Waals surface area contributed by atoms with E-state index in [0.29, 0.717) is 49.2 Å². The van der Waals surface area contributed by atoms with Crippen LogP contribution in [-0.4, -0.2) is 64.4 Å². The molecule has 4 rings (SSSR count). The van der Waals surface area contributed by atoms with Crippen molar-refractivity contribution in [2.24, 2.45) is 7.05 Å². The number of hydrogen-bond donors (Lipinski definition) is 0. The van der Waals surface area contributed by atoms with Crippen molar-refractivity contribution in [3.63, 3.8) is 0 Å². The van der Waals surface area contributed by atoms with Gasteiger partial charge in [-0.2, -0.15) is 9.29 Å². The lowest BCUT2D eigenvalue weighted by atomic mass is 9.97. The van der Waals surface area contributed by atoms with Gasteiger partial charge >= 0.3 is 0 Å². The number of halogens is 1. The molecule has 0 spiro atoms. The Kier molecular flexibility index (Phi) is 6.85. The van der Waals surface area contributed by atoms with E-state index in [0.717, 1.165) is 12.8 Å². The molecule has 0 aliphatic carbocycles. The zero-order valence-electron chi connectivity index (χ0n) is 19.4. The number of aryl methyl sites for hydroxylation is 1. The average Bonchev–Trinajstić information content (AvgIpc) is 3.47. The van der Waals surface area contributed by atoms with Gasteiger partial charge in [-0.3, -0.25) is 4.79 Å². The summed E-state index contributed by atoms with van der Waals surface area (Å²) in [5, 5.41) is 3.98. The molecule has 0 bridgehead atoms. The molecule has 1 saturated heterocycles. The fraction of sp³-hybridized carbons (Fsp3) is 0.435. The summed E-state index contributed by atoms with van der Waals surface area (Å²) in [4.78, 5) is 19.5. The molecule has 1 atom stereocenters. The Morgan fingerprint density at radius 3 is 2.74 bits per heavy atom. The maximum atomic E-state index is 13.5. The fourth-order valence-corrected chi connectivity index (χ4v) is 5.80. The molecule has 9 nitrogen and oxygen atoms in total. The normalized spacial score (nSPS) is 16.9. The van der Waals surface area contributed by atoms with Gasteiger partial charge in [-0.05, 0) is 31.0 Å². The minimum absolute atomic E-state index is 0.104. The lowest BCUT2D eigenvalue weighted by Gasteiger charge is -2.31. The van der Waals surface area contributed by atoms with Crippen molar-refractivity contribution < 1.29 is 22.1 Å². The maximum absolute atomic E-state index is 13.5. The van der Waals surface area contributed by atoms with Crippen LogP contribution in [0.2, 0.25) is 0 Å². The molecule has 0 saturated carbocycles. The van der Waals surface area contributed by atoms with E-state index in [1.165, 1.54) is 28.7 Å². The lowest BCUT2D eigenvalue weighted by molar-refractivity contribution is 0.0686. The number of nitrogens with zero attached hydrogens (tertiary/aromatic N) is 5. The Morgan fingerprint density at radius 2 is 2.03 bits per heavy atom. The van der Waals surface area contributed by atoms with Crippen LogP contribution in [0.1, 0.15) is 49.0 Å². The summed E-state index contributed by atoms with van der Waals surface area (Å²) in [5.41, 5.74) is 0.821. The zero-order valence-corrected chi connectivity index (χ0v) is 20.3. The zero-order chi connectivity index (χ0) is 24.5. The van der Waals surface area contributed by atoms with Crippen molar-refractivity contribution >= 4 is 15.9 Å². The van der Waals surface area contributed by atoms with E-state index in [1.807, 2.05) is 0 Å². The Morgan fingerprint density at radius 1 is 1.26 bits per heavy atom. The summed E-state index contributed by atoms with van der Waals surface area (Å²) in [7, 11) is -2.00. The van der Waals surface area contributed by atoms with Gasteiger partial charge in [-0.15, -0.1) is 0 Å². The van der Waals surface area contributed by atoms with Gasteiger partial charge in [-0.1, -0.05) is 31.1 Å². The Bertz CT molecular complexity index is 1280. The van der Waals surface area contributed by atoms with Crippen LogP contribution in [0.3, 0.4) is 0 Å². The first-order valence-corrected chi connectivity index (χ1v) is 12.7. The number of rotatable bonds is 7. The molecule has 1 amide bonds. The predicted molar refractivity (Wildman–Crippen MR) is 123 cm³/mol. The van der Waals surface area contributed by atoms with Gasteiger partial charge in [0.2, 0.25) is 21.7 Å². The molecular formula is C23H28FN5O4S. The summed E-state index contributed by atoms with van der Waals surface area (Å²) in [6.45, 7) is 5.18. The molecule has 1 aliphatic heterocycles. The molecule has 1 aromatic carbocycles. The van der Waals surface area contributed by atoms with Crippen molar-refractivity contribution in [2.75, 3.05) is 26.2 Å². The number of carbonyl (C=O) groups is 1. The molecule has 3 aromatic rings. The maximum Gasteiger partial charge on any atom is 0.270 e. The van der Waals surface area contributed by atoms with Crippen molar-refractivity contribution in [3.05, 3.63) is 53.9 Å². The third kappa shape index (κ3) is 4.62.